The second kappa shape index (κ2) is 6.69. The molecule has 3 nitrogen and oxygen atoms in total. The van der Waals surface area contributed by atoms with Crippen LogP contribution in [0.2, 0.25) is 0 Å². The highest BCUT2D eigenvalue weighted by Gasteiger charge is 2.02. The van der Waals surface area contributed by atoms with Gasteiger partial charge in [-0.25, -0.2) is 4.39 Å². The van der Waals surface area contributed by atoms with Gasteiger partial charge in [-0.3, -0.25) is 0 Å². The Hall–Kier alpha value is -2.38. The van der Waals surface area contributed by atoms with E-state index >= 15 is 0 Å². The molecule has 0 atom stereocenters. The molecule has 0 aromatic heterocycles. The largest absolute Gasteiger partial charge is 0.381 e. The van der Waals surface area contributed by atoms with E-state index < -0.39 is 5.82 Å². The average molecular weight is 270 g/mol. The summed E-state index contributed by atoms with van der Waals surface area (Å²) >= 11 is 0. The van der Waals surface area contributed by atoms with Crippen LogP contribution in [0, 0.1) is 17.1 Å². The highest BCUT2D eigenvalue weighted by molar-refractivity contribution is 5.50. The van der Waals surface area contributed by atoms with Crippen molar-refractivity contribution in [2.45, 2.75) is 13.2 Å². The molecule has 20 heavy (non-hydrogen) atoms. The lowest BCUT2D eigenvalue weighted by atomic mass is 10.1. The third kappa shape index (κ3) is 3.56. The van der Waals surface area contributed by atoms with E-state index in [1.807, 2.05) is 30.3 Å². The first-order chi connectivity index (χ1) is 9.72. The Morgan fingerprint density at radius 2 is 2.00 bits per heavy atom. The third-order valence-electron chi connectivity index (χ3n) is 2.89. The molecule has 0 aliphatic heterocycles. The minimum absolute atomic E-state index is 0.0446. The molecular weight excluding hydrogens is 255 g/mol. The van der Waals surface area contributed by atoms with Gasteiger partial charge in [-0.1, -0.05) is 24.3 Å². The molecule has 1 N–H and O–H groups in total. The van der Waals surface area contributed by atoms with Gasteiger partial charge in [-0.05, 0) is 29.3 Å². The van der Waals surface area contributed by atoms with Crippen LogP contribution >= 0.6 is 0 Å². The molecule has 0 aliphatic rings. The molecule has 0 fully saturated rings. The fourth-order valence-electron chi connectivity index (χ4n) is 1.92. The Bertz CT molecular complexity index is 635. The minimum atomic E-state index is -0.500. The standard InChI is InChI=1S/C16H15FN2O/c1-20-11-13-4-2-3-12(7-13)10-19-15-5-6-16(17)14(8-15)9-18/h2-8,19H,10-11H2,1H3. The molecule has 2 aromatic rings. The first kappa shape index (κ1) is 14.0. The maximum Gasteiger partial charge on any atom is 0.141 e. The van der Waals surface area contributed by atoms with Crippen LogP contribution in [-0.2, 0) is 17.9 Å². The average Bonchev–Trinajstić information content (AvgIpc) is 2.47. The Labute approximate surface area is 117 Å². The number of anilines is 1. The number of nitrogens with one attached hydrogen (secondary N) is 1. The summed E-state index contributed by atoms with van der Waals surface area (Å²) in [5.74, 6) is -0.500. The summed E-state index contributed by atoms with van der Waals surface area (Å²) in [5.41, 5.74) is 2.97. The highest BCUT2D eigenvalue weighted by atomic mass is 19.1. The monoisotopic (exact) mass is 270 g/mol. The van der Waals surface area contributed by atoms with E-state index in [0.29, 0.717) is 13.2 Å². The van der Waals surface area contributed by atoms with Crippen LogP contribution in [0.1, 0.15) is 16.7 Å². The molecule has 0 aliphatic carbocycles. The summed E-state index contributed by atoms with van der Waals surface area (Å²) in [6, 6.07) is 14.3. The van der Waals surface area contributed by atoms with Gasteiger partial charge in [0.15, 0.2) is 0 Å². The number of benzene rings is 2. The number of nitrogens with zero attached hydrogens (tertiary/aromatic N) is 1. The van der Waals surface area contributed by atoms with Crippen LogP contribution in [0.3, 0.4) is 0 Å². The van der Waals surface area contributed by atoms with Crippen molar-refractivity contribution in [1.82, 2.24) is 0 Å². The van der Waals surface area contributed by atoms with Gasteiger partial charge in [0.2, 0.25) is 0 Å². The van der Waals surface area contributed by atoms with Crippen molar-refractivity contribution in [3.05, 3.63) is 65.0 Å². The van der Waals surface area contributed by atoms with Gasteiger partial charge in [0.25, 0.3) is 0 Å². The maximum atomic E-state index is 13.2. The molecule has 0 radical (unpaired) electrons. The second-order valence-corrected chi connectivity index (χ2v) is 4.41. The van der Waals surface area contributed by atoms with E-state index in [1.54, 1.807) is 13.2 Å². The minimum Gasteiger partial charge on any atom is -0.381 e. The van der Waals surface area contributed by atoms with Crippen molar-refractivity contribution < 1.29 is 9.13 Å². The summed E-state index contributed by atoms with van der Waals surface area (Å²) in [7, 11) is 1.66. The van der Waals surface area contributed by atoms with Crippen LogP contribution in [0.25, 0.3) is 0 Å². The van der Waals surface area contributed by atoms with Gasteiger partial charge in [0.05, 0.1) is 12.2 Å². The number of rotatable bonds is 5. The van der Waals surface area contributed by atoms with Crippen molar-refractivity contribution in [2.75, 3.05) is 12.4 Å². The number of methoxy groups -OCH3 is 1. The van der Waals surface area contributed by atoms with Gasteiger partial charge in [-0.15, -0.1) is 0 Å². The van der Waals surface area contributed by atoms with Crippen molar-refractivity contribution in [1.29, 1.82) is 5.26 Å². The molecule has 4 heteroatoms. The molecule has 0 saturated heterocycles. The SMILES string of the molecule is COCc1cccc(CNc2ccc(F)c(C#N)c2)c1. The van der Waals surface area contributed by atoms with E-state index in [1.165, 1.54) is 12.1 Å². The number of hydrogen-bond donors (Lipinski definition) is 1. The molecule has 0 amide bonds. The van der Waals surface area contributed by atoms with Crippen molar-refractivity contribution in [3.8, 4) is 6.07 Å². The van der Waals surface area contributed by atoms with Gasteiger partial charge < -0.3 is 10.1 Å². The van der Waals surface area contributed by atoms with E-state index in [4.69, 9.17) is 10.00 Å². The molecule has 2 aromatic carbocycles. The fraction of sp³-hybridized carbons (Fsp3) is 0.188. The van der Waals surface area contributed by atoms with E-state index in [-0.39, 0.29) is 5.56 Å². The number of halogens is 1. The van der Waals surface area contributed by atoms with Gasteiger partial charge in [-0.2, -0.15) is 5.26 Å². The first-order valence-corrected chi connectivity index (χ1v) is 6.23. The van der Waals surface area contributed by atoms with Crippen LogP contribution in [0.15, 0.2) is 42.5 Å². The Balaban J connectivity index is 2.05. The Morgan fingerprint density at radius 1 is 1.20 bits per heavy atom. The van der Waals surface area contributed by atoms with Crippen molar-refractivity contribution >= 4 is 5.69 Å². The summed E-state index contributed by atoms with van der Waals surface area (Å²) in [6.07, 6.45) is 0. The molecule has 2 rings (SSSR count). The normalized spacial score (nSPS) is 10.1. The molecule has 0 unspecified atom stereocenters. The summed E-state index contributed by atoms with van der Waals surface area (Å²) < 4.78 is 18.3. The van der Waals surface area contributed by atoms with E-state index in [2.05, 4.69) is 5.32 Å². The van der Waals surface area contributed by atoms with Crippen LogP contribution in [0.5, 0.6) is 0 Å². The molecular formula is C16H15FN2O. The lowest BCUT2D eigenvalue weighted by Crippen LogP contribution is -2.01. The zero-order valence-corrected chi connectivity index (χ0v) is 11.2. The third-order valence-corrected chi connectivity index (χ3v) is 2.89. The van der Waals surface area contributed by atoms with Crippen LogP contribution < -0.4 is 5.32 Å². The summed E-state index contributed by atoms with van der Waals surface area (Å²) in [6.45, 7) is 1.18. The number of hydrogen-bond acceptors (Lipinski definition) is 3. The second-order valence-electron chi connectivity index (χ2n) is 4.41. The molecule has 0 heterocycles. The van der Waals surface area contributed by atoms with Gasteiger partial charge in [0, 0.05) is 19.3 Å². The predicted molar refractivity (Wildman–Crippen MR) is 75.6 cm³/mol. The molecule has 0 bridgehead atoms. The van der Waals surface area contributed by atoms with Crippen LogP contribution in [-0.4, -0.2) is 7.11 Å². The van der Waals surface area contributed by atoms with Gasteiger partial charge >= 0.3 is 0 Å². The molecule has 102 valence electrons. The lowest BCUT2D eigenvalue weighted by molar-refractivity contribution is 0.185. The Kier molecular flexibility index (Phi) is 4.70. The number of ether oxygens (including phenoxy) is 1. The quantitative estimate of drug-likeness (QED) is 0.905. The lowest BCUT2D eigenvalue weighted by Gasteiger charge is -2.08. The topological polar surface area (TPSA) is 45.0 Å². The van der Waals surface area contributed by atoms with Gasteiger partial charge in [0.1, 0.15) is 11.9 Å². The zero-order chi connectivity index (χ0) is 14.4. The van der Waals surface area contributed by atoms with E-state index in [0.717, 1.165) is 16.8 Å². The Morgan fingerprint density at radius 3 is 2.75 bits per heavy atom. The maximum absolute atomic E-state index is 13.2. The summed E-state index contributed by atoms with van der Waals surface area (Å²) in [5, 5.41) is 12.0. The molecule has 0 spiro atoms. The fourth-order valence-corrected chi connectivity index (χ4v) is 1.92. The summed E-state index contributed by atoms with van der Waals surface area (Å²) in [4.78, 5) is 0. The van der Waals surface area contributed by atoms with E-state index in [9.17, 15) is 4.39 Å². The van der Waals surface area contributed by atoms with Crippen molar-refractivity contribution in [2.24, 2.45) is 0 Å². The predicted octanol–water partition coefficient (Wildman–Crippen LogP) is 3.46. The van der Waals surface area contributed by atoms with Crippen LogP contribution in [0.4, 0.5) is 10.1 Å². The molecule has 0 saturated carbocycles. The smallest absolute Gasteiger partial charge is 0.141 e. The zero-order valence-electron chi connectivity index (χ0n) is 11.2. The highest BCUT2D eigenvalue weighted by Crippen LogP contribution is 2.15. The van der Waals surface area contributed by atoms with Crippen molar-refractivity contribution in [3.63, 3.8) is 0 Å². The number of nitriles is 1. The first-order valence-electron chi connectivity index (χ1n) is 6.23.